The molecule has 0 fully saturated rings. The quantitative estimate of drug-likeness (QED) is 0.272. The first-order valence-electron chi connectivity index (χ1n) is 15.4. The van der Waals surface area contributed by atoms with Gasteiger partial charge in [-0.2, -0.15) is 0 Å². The van der Waals surface area contributed by atoms with Gasteiger partial charge in [0.1, 0.15) is 0 Å². The van der Waals surface area contributed by atoms with E-state index in [0.717, 1.165) is 22.4 Å². The zero-order chi connectivity index (χ0) is 31.1. The van der Waals surface area contributed by atoms with E-state index >= 15 is 0 Å². The van der Waals surface area contributed by atoms with Gasteiger partial charge in [0, 0.05) is 48.7 Å². The summed E-state index contributed by atoms with van der Waals surface area (Å²) in [5.41, 5.74) is 10.7. The molecule has 0 bridgehead atoms. The lowest BCUT2D eigenvalue weighted by molar-refractivity contribution is 0.820. The van der Waals surface area contributed by atoms with E-state index in [9.17, 15) is 0 Å². The average Bonchev–Trinajstić information content (AvgIpc) is 2.92. The first-order chi connectivity index (χ1) is 19.7. The predicted octanol–water partition coefficient (Wildman–Crippen LogP) is 8.19. The molecule has 0 saturated heterocycles. The van der Waals surface area contributed by atoms with Crippen molar-refractivity contribution in [2.45, 2.75) is 86.0 Å². The summed E-state index contributed by atoms with van der Waals surface area (Å²) in [5, 5.41) is 9.07. The average molecular weight is 582 g/mol. The third-order valence-electron chi connectivity index (χ3n) is 8.47. The van der Waals surface area contributed by atoms with Gasteiger partial charge < -0.3 is 19.4 Å². The molecule has 1 aliphatic rings. The van der Waals surface area contributed by atoms with Crippen LogP contribution in [0.15, 0.2) is 78.8 Å². The normalized spacial score (nSPS) is 17.6. The number of pyridine rings is 1. The van der Waals surface area contributed by atoms with Crippen molar-refractivity contribution in [3.8, 4) is 0 Å². The highest BCUT2D eigenvalue weighted by atomic mass is 28.4. The molecule has 0 aliphatic carbocycles. The van der Waals surface area contributed by atoms with E-state index in [4.69, 9.17) is 10.4 Å². The zero-order valence-corrected chi connectivity index (χ0v) is 28.7. The first-order valence-corrected chi connectivity index (χ1v) is 17.3. The fourth-order valence-corrected chi connectivity index (χ4v) is 9.87. The Kier molecular flexibility index (Phi) is 9.10. The molecule has 2 N–H and O–H groups in total. The molecule has 0 radical (unpaired) electrons. The summed E-state index contributed by atoms with van der Waals surface area (Å²) in [6.45, 7) is 25.0. The van der Waals surface area contributed by atoms with Crippen LogP contribution in [-0.2, 0) is 0 Å². The lowest BCUT2D eigenvalue weighted by atomic mass is 9.92. The number of hydrogen-bond donors (Lipinski definition) is 1. The molecule has 0 amide bonds. The molecular formula is C36H51N5Si. The third-order valence-corrected chi connectivity index (χ3v) is 11.9. The largest absolute Gasteiger partial charge is 0.406 e. The maximum absolute atomic E-state index is 8.17. The minimum Gasteiger partial charge on any atom is -0.378 e. The molecule has 1 aromatic heterocycles. The number of para-hydroxylation sites is 2. The van der Waals surface area contributed by atoms with E-state index in [1.807, 2.05) is 6.20 Å². The Hall–Kier alpha value is -3.35. The summed E-state index contributed by atoms with van der Waals surface area (Å²) >= 11 is 0. The van der Waals surface area contributed by atoms with Crippen molar-refractivity contribution >= 4 is 30.9 Å². The molecule has 1 atom stereocenters. The number of benzene rings is 2. The fourth-order valence-electron chi connectivity index (χ4n) is 6.29. The molecular weight excluding hydrogens is 531 g/mol. The Morgan fingerprint density at radius 3 is 1.57 bits per heavy atom. The van der Waals surface area contributed by atoms with Crippen molar-refractivity contribution in [3.63, 3.8) is 0 Å². The van der Waals surface area contributed by atoms with Crippen LogP contribution in [0.2, 0.25) is 0 Å². The number of hydrogen-bond acceptors (Lipinski definition) is 5. The number of rotatable bonds is 8. The topological polar surface area (TPSA) is 48.6 Å². The van der Waals surface area contributed by atoms with Gasteiger partial charge in [0.25, 0.3) is 0 Å². The van der Waals surface area contributed by atoms with E-state index < -0.39 is 8.56 Å². The van der Waals surface area contributed by atoms with Crippen molar-refractivity contribution in [3.05, 3.63) is 101 Å². The maximum Gasteiger partial charge on any atom is 0.406 e. The molecule has 224 valence electrons. The van der Waals surface area contributed by atoms with Crippen LogP contribution in [0, 0.1) is 0 Å². The van der Waals surface area contributed by atoms with Gasteiger partial charge in [-0.1, -0.05) is 98.4 Å². The van der Waals surface area contributed by atoms with Gasteiger partial charge in [-0.3, -0.25) is 4.98 Å². The number of nitrogens with zero attached hydrogens (tertiary/aromatic N) is 4. The Labute approximate surface area is 256 Å². The lowest BCUT2D eigenvalue weighted by Crippen LogP contribution is -2.81. The standard InChI is InChI=1S/C36H51N5Si/c1-23(2)30-15-13-16-31(24(3)4)35(30)40-27(9)21-28(10)41(36-32(25(5)6)17-14-18-33(36)26(7)8)42(40,37)34-22-29(39(11)12)19-20-38-34/h13-26H,9,37H2,1-8,10-12H3. The molecule has 2 aromatic carbocycles. The molecule has 0 saturated carbocycles. The van der Waals surface area contributed by atoms with Crippen LogP contribution in [0.4, 0.5) is 17.1 Å². The molecule has 1 unspecified atom stereocenters. The minimum atomic E-state index is -3.40. The molecule has 0 spiro atoms. The van der Waals surface area contributed by atoms with Crippen molar-refractivity contribution in [2.75, 3.05) is 28.1 Å². The molecule has 3 aromatic rings. The van der Waals surface area contributed by atoms with Crippen molar-refractivity contribution in [1.82, 2.24) is 4.98 Å². The van der Waals surface area contributed by atoms with E-state index in [2.05, 4.69) is 152 Å². The van der Waals surface area contributed by atoms with E-state index in [0.29, 0.717) is 23.7 Å². The highest BCUT2D eigenvalue weighted by molar-refractivity contribution is 6.96. The second kappa shape index (κ2) is 12.1. The second-order valence-electron chi connectivity index (χ2n) is 13.2. The highest BCUT2D eigenvalue weighted by Gasteiger charge is 2.54. The van der Waals surface area contributed by atoms with Crippen LogP contribution in [0.1, 0.15) is 108 Å². The van der Waals surface area contributed by atoms with E-state index in [1.165, 1.54) is 33.6 Å². The summed E-state index contributed by atoms with van der Waals surface area (Å²) in [6, 6.07) is 17.7. The van der Waals surface area contributed by atoms with Crippen LogP contribution < -0.4 is 24.7 Å². The summed E-state index contributed by atoms with van der Waals surface area (Å²) in [4.78, 5) is 7.22. The molecule has 4 rings (SSSR count). The van der Waals surface area contributed by atoms with E-state index in [-0.39, 0.29) is 0 Å². The van der Waals surface area contributed by atoms with Crippen LogP contribution in [0.25, 0.3) is 0 Å². The Balaban J connectivity index is 2.22. The van der Waals surface area contributed by atoms with Crippen LogP contribution in [0.3, 0.4) is 0 Å². The monoisotopic (exact) mass is 581 g/mol. The van der Waals surface area contributed by atoms with Gasteiger partial charge >= 0.3 is 8.56 Å². The fraction of sp³-hybridized carbons (Fsp3) is 0.417. The first kappa shape index (κ1) is 31.6. The van der Waals surface area contributed by atoms with E-state index in [1.54, 1.807) is 0 Å². The number of anilines is 3. The number of aromatic nitrogens is 1. The SMILES string of the molecule is C=C1C=C(C)N(c2c(C(C)C)cccc2C(C)C)[Si](N)(c2cc(N(C)C)ccn2)N1c1c(C(C)C)cccc1C(C)C. The summed E-state index contributed by atoms with van der Waals surface area (Å²) in [5.74, 6) is 1.25. The highest BCUT2D eigenvalue weighted by Crippen LogP contribution is 2.46. The molecule has 42 heavy (non-hydrogen) atoms. The predicted molar refractivity (Wildman–Crippen MR) is 185 cm³/mol. The Bertz CT molecular complexity index is 1430. The van der Waals surface area contributed by atoms with Gasteiger partial charge in [-0.25, -0.2) is 0 Å². The molecule has 1 aliphatic heterocycles. The van der Waals surface area contributed by atoms with Gasteiger partial charge in [-0.05, 0) is 71.1 Å². The van der Waals surface area contributed by atoms with Crippen LogP contribution in [-0.4, -0.2) is 27.6 Å². The second-order valence-corrected chi connectivity index (χ2v) is 16.0. The Morgan fingerprint density at radius 2 is 1.17 bits per heavy atom. The third kappa shape index (κ3) is 5.43. The molecule has 5 nitrogen and oxygen atoms in total. The van der Waals surface area contributed by atoms with Gasteiger partial charge in [0.2, 0.25) is 0 Å². The number of allylic oxidation sites excluding steroid dienone is 2. The maximum atomic E-state index is 8.17. The number of nitrogens with two attached hydrogens (primary N) is 1. The summed E-state index contributed by atoms with van der Waals surface area (Å²) in [6.07, 6.45) is 4.13. The summed E-state index contributed by atoms with van der Waals surface area (Å²) in [7, 11) is 0.735. The van der Waals surface area contributed by atoms with Crippen molar-refractivity contribution < 1.29 is 0 Å². The smallest absolute Gasteiger partial charge is 0.378 e. The Morgan fingerprint density at radius 1 is 0.738 bits per heavy atom. The summed E-state index contributed by atoms with van der Waals surface area (Å²) < 4.78 is 4.89. The van der Waals surface area contributed by atoms with Crippen molar-refractivity contribution in [1.29, 1.82) is 0 Å². The minimum absolute atomic E-state index is 0.306. The van der Waals surface area contributed by atoms with Gasteiger partial charge in [0.15, 0.2) is 0 Å². The van der Waals surface area contributed by atoms with Gasteiger partial charge in [-0.15, -0.1) is 0 Å². The molecule has 2 heterocycles. The van der Waals surface area contributed by atoms with Crippen LogP contribution in [0.5, 0.6) is 0 Å². The van der Waals surface area contributed by atoms with Crippen molar-refractivity contribution in [2.24, 2.45) is 5.40 Å². The lowest BCUT2D eigenvalue weighted by Gasteiger charge is -2.53. The molecule has 6 heteroatoms. The zero-order valence-electron chi connectivity index (χ0n) is 27.7. The van der Waals surface area contributed by atoms with Gasteiger partial charge in [0.05, 0.1) is 5.32 Å². The van der Waals surface area contributed by atoms with Crippen LogP contribution >= 0.6 is 0 Å².